The third-order valence-corrected chi connectivity index (χ3v) is 8.05. The minimum atomic E-state index is 0.128. The van der Waals surface area contributed by atoms with E-state index in [9.17, 15) is 9.59 Å². The summed E-state index contributed by atoms with van der Waals surface area (Å²) in [7, 11) is 0. The maximum Gasteiger partial charge on any atom is 0.254 e. The van der Waals surface area contributed by atoms with Crippen molar-refractivity contribution in [3.05, 3.63) is 64.8 Å². The van der Waals surface area contributed by atoms with Crippen LogP contribution in [-0.4, -0.2) is 77.4 Å². The SMILES string of the molecule is Cc1[nH]c2ccc(C(=O)N3CCCC[C@@H]3CCOc3ccc(CN4CCN(C=O)CC4)cc3)cc2c1C. The molecule has 7 nitrogen and oxygen atoms in total. The van der Waals surface area contributed by atoms with Gasteiger partial charge in [0.05, 0.1) is 6.61 Å². The Balaban J connectivity index is 1.14. The first-order chi connectivity index (χ1) is 18.0. The van der Waals surface area contributed by atoms with Crippen LogP contribution in [0.25, 0.3) is 10.9 Å². The zero-order valence-corrected chi connectivity index (χ0v) is 22.0. The minimum absolute atomic E-state index is 0.128. The first-order valence-corrected chi connectivity index (χ1v) is 13.5. The predicted molar refractivity (Wildman–Crippen MR) is 146 cm³/mol. The molecule has 5 rings (SSSR count). The van der Waals surface area contributed by atoms with Crippen LogP contribution >= 0.6 is 0 Å². The van der Waals surface area contributed by atoms with Gasteiger partial charge in [-0.25, -0.2) is 0 Å². The molecule has 1 aromatic heterocycles. The van der Waals surface area contributed by atoms with Crippen molar-refractivity contribution in [2.24, 2.45) is 0 Å². The number of benzene rings is 2. The van der Waals surface area contributed by atoms with Crippen LogP contribution in [0.15, 0.2) is 42.5 Å². The third kappa shape index (κ3) is 5.82. The molecule has 2 aliphatic heterocycles. The largest absolute Gasteiger partial charge is 0.494 e. The van der Waals surface area contributed by atoms with Crippen molar-refractivity contribution < 1.29 is 14.3 Å². The molecule has 196 valence electrons. The Hall–Kier alpha value is -3.32. The van der Waals surface area contributed by atoms with Gasteiger partial charge in [0, 0.05) is 73.9 Å². The summed E-state index contributed by atoms with van der Waals surface area (Å²) in [6.45, 7) is 9.88. The van der Waals surface area contributed by atoms with Crippen molar-refractivity contribution in [2.45, 2.75) is 52.1 Å². The minimum Gasteiger partial charge on any atom is -0.494 e. The summed E-state index contributed by atoms with van der Waals surface area (Å²) in [5.74, 6) is 0.996. The molecule has 0 saturated carbocycles. The highest BCUT2D eigenvalue weighted by Gasteiger charge is 2.28. The Morgan fingerprint density at radius 1 is 1.03 bits per heavy atom. The topological polar surface area (TPSA) is 68.9 Å². The highest BCUT2D eigenvalue weighted by atomic mass is 16.5. The lowest BCUT2D eigenvalue weighted by Crippen LogP contribution is -2.45. The zero-order chi connectivity index (χ0) is 25.8. The van der Waals surface area contributed by atoms with Crippen LogP contribution in [0.1, 0.15) is 52.9 Å². The van der Waals surface area contributed by atoms with E-state index in [1.54, 1.807) is 0 Å². The van der Waals surface area contributed by atoms with E-state index in [4.69, 9.17) is 4.74 Å². The van der Waals surface area contributed by atoms with Crippen molar-refractivity contribution >= 4 is 23.2 Å². The Morgan fingerprint density at radius 3 is 2.57 bits per heavy atom. The Kier molecular flexibility index (Phi) is 7.79. The fourth-order valence-corrected chi connectivity index (χ4v) is 5.62. The monoisotopic (exact) mass is 502 g/mol. The van der Waals surface area contributed by atoms with Crippen LogP contribution in [0.5, 0.6) is 5.75 Å². The van der Waals surface area contributed by atoms with Gasteiger partial charge in [-0.05, 0) is 74.6 Å². The highest BCUT2D eigenvalue weighted by Crippen LogP contribution is 2.26. The van der Waals surface area contributed by atoms with Gasteiger partial charge in [0.25, 0.3) is 5.91 Å². The van der Waals surface area contributed by atoms with Gasteiger partial charge in [-0.15, -0.1) is 0 Å². The van der Waals surface area contributed by atoms with Gasteiger partial charge in [-0.2, -0.15) is 0 Å². The number of carbonyl (C=O) groups is 2. The average molecular weight is 503 g/mol. The van der Waals surface area contributed by atoms with Crippen LogP contribution in [0.2, 0.25) is 0 Å². The van der Waals surface area contributed by atoms with Gasteiger partial charge in [0.15, 0.2) is 0 Å². The fraction of sp³-hybridized carbons (Fsp3) is 0.467. The molecule has 2 aromatic carbocycles. The Labute approximate surface area is 219 Å². The molecule has 0 spiro atoms. The van der Waals surface area contributed by atoms with Gasteiger partial charge in [0.2, 0.25) is 6.41 Å². The first kappa shape index (κ1) is 25.3. The molecule has 3 aromatic rings. The smallest absolute Gasteiger partial charge is 0.254 e. The number of amides is 2. The van der Waals surface area contributed by atoms with Crippen LogP contribution in [0.4, 0.5) is 0 Å². The molecule has 0 radical (unpaired) electrons. The maximum atomic E-state index is 13.5. The number of rotatable bonds is 8. The van der Waals surface area contributed by atoms with E-state index in [1.165, 1.54) is 11.1 Å². The first-order valence-electron chi connectivity index (χ1n) is 13.5. The van der Waals surface area contributed by atoms with Gasteiger partial charge < -0.3 is 19.5 Å². The number of likely N-dealkylation sites (tertiary alicyclic amines) is 1. The number of nitrogens with one attached hydrogen (secondary N) is 1. The van der Waals surface area contributed by atoms with Crippen LogP contribution < -0.4 is 4.74 Å². The molecule has 7 heteroatoms. The molecule has 2 aliphatic rings. The van der Waals surface area contributed by atoms with Crippen molar-refractivity contribution in [3.8, 4) is 5.75 Å². The molecule has 1 N–H and O–H groups in total. The molecule has 0 aliphatic carbocycles. The number of aromatic nitrogens is 1. The number of H-pyrrole nitrogens is 1. The highest BCUT2D eigenvalue weighted by molar-refractivity contribution is 5.99. The summed E-state index contributed by atoms with van der Waals surface area (Å²) in [6, 6.07) is 14.6. The molecule has 1 atom stereocenters. The van der Waals surface area contributed by atoms with Crippen LogP contribution in [0.3, 0.4) is 0 Å². The zero-order valence-electron chi connectivity index (χ0n) is 22.0. The Bertz CT molecular complexity index is 1230. The number of nitrogens with zero attached hydrogens (tertiary/aromatic N) is 3. The van der Waals surface area contributed by atoms with E-state index >= 15 is 0 Å². The van der Waals surface area contributed by atoms with E-state index < -0.39 is 0 Å². The molecular weight excluding hydrogens is 464 g/mol. The van der Waals surface area contributed by atoms with Gasteiger partial charge >= 0.3 is 0 Å². The summed E-state index contributed by atoms with van der Waals surface area (Å²) in [5.41, 5.74) is 5.46. The normalized spacial score (nSPS) is 18.8. The summed E-state index contributed by atoms with van der Waals surface area (Å²) < 4.78 is 6.09. The number of hydrogen-bond acceptors (Lipinski definition) is 4. The van der Waals surface area contributed by atoms with Crippen molar-refractivity contribution in [1.29, 1.82) is 0 Å². The number of hydrogen-bond donors (Lipinski definition) is 1. The lowest BCUT2D eigenvalue weighted by Gasteiger charge is -2.36. The number of fused-ring (bicyclic) bond motifs is 1. The lowest BCUT2D eigenvalue weighted by molar-refractivity contribution is -0.119. The van der Waals surface area contributed by atoms with Crippen molar-refractivity contribution in [3.63, 3.8) is 0 Å². The van der Waals surface area contributed by atoms with Gasteiger partial charge in [-0.3, -0.25) is 14.5 Å². The maximum absolute atomic E-state index is 13.5. The number of piperidine rings is 1. The van der Waals surface area contributed by atoms with Crippen molar-refractivity contribution in [1.82, 2.24) is 19.7 Å². The van der Waals surface area contributed by atoms with Gasteiger partial charge in [-0.1, -0.05) is 12.1 Å². The molecule has 3 heterocycles. The molecule has 2 saturated heterocycles. The van der Waals surface area contributed by atoms with Crippen LogP contribution in [-0.2, 0) is 11.3 Å². The second-order valence-electron chi connectivity index (χ2n) is 10.5. The number of piperazine rings is 1. The number of ether oxygens (including phenoxy) is 1. The summed E-state index contributed by atoms with van der Waals surface area (Å²) in [4.78, 5) is 34.1. The van der Waals surface area contributed by atoms with E-state index in [-0.39, 0.29) is 11.9 Å². The third-order valence-electron chi connectivity index (χ3n) is 8.05. The van der Waals surface area contributed by atoms with E-state index in [0.717, 1.165) is 99.3 Å². The Morgan fingerprint density at radius 2 is 1.81 bits per heavy atom. The van der Waals surface area contributed by atoms with E-state index in [0.29, 0.717) is 6.61 Å². The molecule has 37 heavy (non-hydrogen) atoms. The summed E-state index contributed by atoms with van der Waals surface area (Å²) in [5, 5.41) is 1.13. The predicted octanol–water partition coefficient (Wildman–Crippen LogP) is 4.52. The molecule has 2 amide bonds. The van der Waals surface area contributed by atoms with Gasteiger partial charge in [0.1, 0.15) is 5.75 Å². The fourth-order valence-electron chi connectivity index (χ4n) is 5.62. The van der Waals surface area contributed by atoms with Crippen molar-refractivity contribution in [2.75, 3.05) is 39.3 Å². The number of aryl methyl sites for hydroxylation is 2. The standard InChI is InChI=1S/C30H38N4O3/c1-22-23(2)31-29-11-8-25(19-28(22)29)30(36)34-13-4-3-5-26(34)12-18-37-27-9-6-24(7-10-27)20-32-14-16-33(21-35)17-15-32/h6-11,19,21,26,31H,3-5,12-18,20H2,1-2H3/t26-/m1/s1. The van der Waals surface area contributed by atoms with Crippen LogP contribution in [0, 0.1) is 13.8 Å². The average Bonchev–Trinajstić information content (AvgIpc) is 3.22. The summed E-state index contributed by atoms with van der Waals surface area (Å²) in [6.07, 6.45) is 5.00. The number of aromatic amines is 1. The second kappa shape index (κ2) is 11.4. The number of carbonyl (C=O) groups excluding carboxylic acids is 2. The lowest BCUT2D eigenvalue weighted by atomic mass is 9.98. The quantitative estimate of drug-likeness (QED) is 0.460. The van der Waals surface area contributed by atoms with E-state index in [2.05, 4.69) is 40.8 Å². The molecular formula is C30H38N4O3. The summed E-state index contributed by atoms with van der Waals surface area (Å²) >= 11 is 0. The molecule has 0 unspecified atom stereocenters. The molecule has 0 bridgehead atoms. The van der Waals surface area contributed by atoms with E-state index in [1.807, 2.05) is 35.2 Å². The second-order valence-corrected chi connectivity index (χ2v) is 10.5. The molecule has 2 fully saturated rings.